The third-order valence-corrected chi connectivity index (χ3v) is 4.30. The number of nitrogens with zero attached hydrogens (tertiary/aromatic N) is 3. The van der Waals surface area contributed by atoms with E-state index in [-0.39, 0.29) is 29.4 Å². The van der Waals surface area contributed by atoms with Gasteiger partial charge < -0.3 is 14.0 Å². The van der Waals surface area contributed by atoms with Gasteiger partial charge in [-0.1, -0.05) is 6.07 Å². The molecular formula is C20H13F4N3O3. The van der Waals surface area contributed by atoms with Gasteiger partial charge in [-0.2, -0.15) is 13.2 Å². The average Bonchev–Trinajstić information content (AvgIpc) is 3.13. The smallest absolute Gasteiger partial charge is 0.416 e. The molecule has 0 aliphatic rings. The van der Waals surface area contributed by atoms with Gasteiger partial charge in [0.25, 0.3) is 5.88 Å². The molecule has 0 unspecified atom stereocenters. The lowest BCUT2D eigenvalue weighted by molar-refractivity contribution is -0.137. The van der Waals surface area contributed by atoms with Crippen molar-refractivity contribution in [2.45, 2.75) is 12.8 Å². The van der Waals surface area contributed by atoms with Crippen molar-refractivity contribution in [3.8, 4) is 22.8 Å². The van der Waals surface area contributed by atoms with Crippen LogP contribution in [0.4, 0.5) is 17.6 Å². The molecular weight excluding hydrogens is 406 g/mol. The minimum Gasteiger partial charge on any atom is -0.496 e. The predicted octanol–water partition coefficient (Wildman–Crippen LogP) is 5.03. The fourth-order valence-electron chi connectivity index (χ4n) is 2.87. The molecule has 0 amide bonds. The Morgan fingerprint density at radius 1 is 1.03 bits per heavy atom. The number of hydrogen-bond acceptors (Lipinski definition) is 6. The van der Waals surface area contributed by atoms with Crippen molar-refractivity contribution in [1.82, 2.24) is 15.1 Å². The largest absolute Gasteiger partial charge is 0.496 e. The van der Waals surface area contributed by atoms with Gasteiger partial charge in [0.15, 0.2) is 11.4 Å². The fraction of sp³-hybridized carbons (Fsp3) is 0.150. The highest BCUT2D eigenvalue weighted by Crippen LogP contribution is 2.40. The zero-order chi connectivity index (χ0) is 21.3. The number of fused-ring (bicyclic) bond motifs is 1. The summed E-state index contributed by atoms with van der Waals surface area (Å²) in [5, 5.41) is 4.23. The van der Waals surface area contributed by atoms with Gasteiger partial charge in [-0.3, -0.25) is 0 Å². The standard InChI is InChI=1S/C20H13F4N3O3/c1-28-16-9-17-14(19(27-30-17)29-10-18-25-5-2-6-26-18)8-13(16)12-4-3-11(7-15(12)21)20(22,23)24/h2-9H,10H2,1H3. The molecule has 0 radical (unpaired) electrons. The number of rotatable bonds is 5. The van der Waals surface area contributed by atoms with Crippen LogP contribution >= 0.6 is 0 Å². The number of aromatic nitrogens is 3. The summed E-state index contributed by atoms with van der Waals surface area (Å²) in [5.41, 5.74) is -0.631. The van der Waals surface area contributed by atoms with E-state index in [1.54, 1.807) is 18.5 Å². The molecule has 0 aliphatic carbocycles. The second-order valence-electron chi connectivity index (χ2n) is 6.18. The van der Waals surface area contributed by atoms with Gasteiger partial charge in [0, 0.05) is 29.6 Å². The third-order valence-electron chi connectivity index (χ3n) is 4.30. The Kier molecular flexibility index (Phi) is 4.98. The summed E-state index contributed by atoms with van der Waals surface area (Å²) >= 11 is 0. The Balaban J connectivity index is 1.74. The van der Waals surface area contributed by atoms with Crippen LogP contribution in [-0.4, -0.2) is 22.2 Å². The van der Waals surface area contributed by atoms with E-state index in [2.05, 4.69) is 15.1 Å². The van der Waals surface area contributed by atoms with Gasteiger partial charge >= 0.3 is 6.18 Å². The van der Waals surface area contributed by atoms with Crippen LogP contribution in [0.25, 0.3) is 22.1 Å². The molecule has 0 N–H and O–H groups in total. The topological polar surface area (TPSA) is 70.3 Å². The van der Waals surface area contributed by atoms with Gasteiger partial charge in [-0.25, -0.2) is 14.4 Å². The summed E-state index contributed by atoms with van der Waals surface area (Å²) in [6.45, 7) is 0.0124. The minimum atomic E-state index is -4.65. The second-order valence-corrected chi connectivity index (χ2v) is 6.18. The maximum absolute atomic E-state index is 14.5. The molecule has 2 aromatic heterocycles. The molecule has 4 aromatic rings. The van der Waals surface area contributed by atoms with Crippen molar-refractivity contribution in [2.75, 3.05) is 7.11 Å². The molecule has 2 aromatic carbocycles. The van der Waals surface area contributed by atoms with E-state index in [9.17, 15) is 17.6 Å². The SMILES string of the molecule is COc1cc2onc(OCc3ncccn3)c2cc1-c1ccc(C(F)(F)F)cc1F. The third kappa shape index (κ3) is 3.76. The summed E-state index contributed by atoms with van der Waals surface area (Å²) in [6.07, 6.45) is -1.53. The van der Waals surface area contributed by atoms with Gasteiger partial charge in [-0.05, 0) is 29.4 Å². The maximum atomic E-state index is 14.5. The number of alkyl halides is 3. The molecule has 10 heteroatoms. The van der Waals surface area contributed by atoms with Gasteiger partial charge in [0.2, 0.25) is 0 Å². The Morgan fingerprint density at radius 2 is 1.80 bits per heavy atom. The lowest BCUT2D eigenvalue weighted by Gasteiger charge is -2.12. The first-order valence-corrected chi connectivity index (χ1v) is 8.60. The number of halogens is 4. The van der Waals surface area contributed by atoms with E-state index in [1.807, 2.05) is 0 Å². The molecule has 0 saturated carbocycles. The number of methoxy groups -OCH3 is 1. The van der Waals surface area contributed by atoms with Gasteiger partial charge in [-0.15, -0.1) is 0 Å². The van der Waals surface area contributed by atoms with Crippen molar-refractivity contribution < 1.29 is 31.6 Å². The van der Waals surface area contributed by atoms with Crippen LogP contribution in [0.15, 0.2) is 53.3 Å². The summed E-state index contributed by atoms with van der Waals surface area (Å²) in [4.78, 5) is 8.07. The van der Waals surface area contributed by atoms with Crippen LogP contribution < -0.4 is 9.47 Å². The summed E-state index contributed by atoms with van der Waals surface area (Å²) in [6, 6.07) is 6.90. The van der Waals surface area contributed by atoms with Crippen LogP contribution in [0.2, 0.25) is 0 Å². The molecule has 0 spiro atoms. The first kappa shape index (κ1) is 19.6. The molecule has 30 heavy (non-hydrogen) atoms. The fourth-order valence-corrected chi connectivity index (χ4v) is 2.87. The molecule has 0 atom stereocenters. The van der Waals surface area contributed by atoms with E-state index in [0.717, 1.165) is 12.1 Å². The van der Waals surface area contributed by atoms with Crippen molar-refractivity contribution in [2.24, 2.45) is 0 Å². The maximum Gasteiger partial charge on any atom is 0.416 e. The van der Waals surface area contributed by atoms with Crippen molar-refractivity contribution in [3.63, 3.8) is 0 Å². The highest BCUT2D eigenvalue weighted by atomic mass is 19.4. The van der Waals surface area contributed by atoms with Crippen molar-refractivity contribution in [3.05, 3.63) is 66.0 Å². The average molecular weight is 419 g/mol. The van der Waals surface area contributed by atoms with Gasteiger partial charge in [0.05, 0.1) is 18.1 Å². The monoisotopic (exact) mass is 419 g/mol. The van der Waals surface area contributed by atoms with E-state index in [0.29, 0.717) is 22.9 Å². The summed E-state index contributed by atoms with van der Waals surface area (Å²) in [5.74, 6) is -0.320. The lowest BCUT2D eigenvalue weighted by Crippen LogP contribution is -2.05. The lowest BCUT2D eigenvalue weighted by atomic mass is 10.0. The van der Waals surface area contributed by atoms with E-state index >= 15 is 0 Å². The zero-order valence-corrected chi connectivity index (χ0v) is 15.4. The number of benzene rings is 2. The molecule has 0 fully saturated rings. The van der Waals surface area contributed by atoms with Crippen LogP contribution in [0, 0.1) is 5.82 Å². The zero-order valence-electron chi connectivity index (χ0n) is 15.4. The molecule has 6 nitrogen and oxygen atoms in total. The number of ether oxygens (including phenoxy) is 2. The normalized spacial score (nSPS) is 11.6. The van der Waals surface area contributed by atoms with Crippen LogP contribution in [-0.2, 0) is 12.8 Å². The van der Waals surface area contributed by atoms with Crippen LogP contribution in [0.5, 0.6) is 11.6 Å². The number of hydrogen-bond donors (Lipinski definition) is 0. The van der Waals surface area contributed by atoms with Crippen molar-refractivity contribution in [1.29, 1.82) is 0 Å². The Labute approximate surface area is 167 Å². The van der Waals surface area contributed by atoms with E-state index < -0.39 is 17.6 Å². The second kappa shape index (κ2) is 7.62. The molecule has 0 aliphatic heterocycles. The van der Waals surface area contributed by atoms with Crippen LogP contribution in [0.3, 0.4) is 0 Å². The predicted molar refractivity (Wildman–Crippen MR) is 97.3 cm³/mol. The van der Waals surface area contributed by atoms with Crippen LogP contribution in [0.1, 0.15) is 11.4 Å². The quantitative estimate of drug-likeness (QED) is 0.423. The molecule has 2 heterocycles. The first-order chi connectivity index (χ1) is 14.4. The molecule has 0 bridgehead atoms. The molecule has 0 saturated heterocycles. The summed E-state index contributed by atoms with van der Waals surface area (Å²) < 4.78 is 69.2. The van der Waals surface area contributed by atoms with Crippen molar-refractivity contribution >= 4 is 11.0 Å². The molecule has 154 valence electrons. The highest BCUT2D eigenvalue weighted by molar-refractivity contribution is 5.90. The Hall–Kier alpha value is -3.69. The summed E-state index contributed by atoms with van der Waals surface area (Å²) in [7, 11) is 1.35. The Bertz CT molecular complexity index is 1190. The van der Waals surface area contributed by atoms with Gasteiger partial charge in [0.1, 0.15) is 18.2 Å². The molecule has 4 rings (SSSR count). The van der Waals surface area contributed by atoms with E-state index in [1.165, 1.54) is 19.2 Å². The highest BCUT2D eigenvalue weighted by Gasteiger charge is 2.31. The minimum absolute atomic E-state index is 0.0124. The first-order valence-electron chi connectivity index (χ1n) is 8.60. The van der Waals surface area contributed by atoms with E-state index in [4.69, 9.17) is 14.0 Å². The Morgan fingerprint density at radius 3 is 2.47 bits per heavy atom.